The average molecular weight is 542 g/mol. The Bertz CT molecular complexity index is 1490. The van der Waals surface area contributed by atoms with Gasteiger partial charge in [-0.1, -0.05) is 18.2 Å². The number of carbonyl (C=O) groups excluding carboxylic acids is 2. The highest BCUT2D eigenvalue weighted by molar-refractivity contribution is 6.08. The second kappa shape index (κ2) is 11.0. The zero-order valence-corrected chi connectivity index (χ0v) is 22.5. The van der Waals surface area contributed by atoms with Crippen LogP contribution in [-0.4, -0.2) is 36.3 Å². The number of rotatable bonds is 8. The Morgan fingerprint density at radius 1 is 1.25 bits per heavy atom. The first-order valence-electron chi connectivity index (χ1n) is 13.4. The van der Waals surface area contributed by atoms with Gasteiger partial charge in [-0.3, -0.25) is 14.5 Å². The summed E-state index contributed by atoms with van der Waals surface area (Å²) < 4.78 is 20.9. The number of piperidine rings is 1. The Kier molecular flexibility index (Phi) is 7.46. The monoisotopic (exact) mass is 541 g/mol. The van der Waals surface area contributed by atoms with Crippen molar-refractivity contribution in [3.05, 3.63) is 83.2 Å². The largest absolute Gasteiger partial charge is 0.457 e. The number of hydrogen-bond donors (Lipinski definition) is 3. The van der Waals surface area contributed by atoms with E-state index in [9.17, 15) is 14.0 Å². The maximum absolute atomic E-state index is 14.7. The number of nitrogens with two attached hydrogens (primary N) is 1. The van der Waals surface area contributed by atoms with E-state index in [1.807, 2.05) is 43.0 Å². The molecule has 0 spiro atoms. The lowest BCUT2D eigenvalue weighted by Crippen LogP contribution is -2.54. The van der Waals surface area contributed by atoms with Gasteiger partial charge in [0.2, 0.25) is 11.8 Å². The SMILES string of the molecule is CCNc1cc(F)cc2c1NC(=O)C2(C)N1CC[C@H](c2ccccc2Oc2ccc(C#N)cc2)[C@H](CC(N)=O)C1. The molecule has 1 saturated heterocycles. The van der Waals surface area contributed by atoms with Crippen LogP contribution in [0.5, 0.6) is 11.5 Å². The van der Waals surface area contributed by atoms with Crippen molar-refractivity contribution in [3.8, 4) is 17.6 Å². The average Bonchev–Trinajstić information content (AvgIpc) is 3.20. The molecule has 9 heteroatoms. The van der Waals surface area contributed by atoms with Crippen molar-refractivity contribution >= 4 is 23.2 Å². The summed E-state index contributed by atoms with van der Waals surface area (Å²) in [7, 11) is 0. The zero-order chi connectivity index (χ0) is 28.4. The summed E-state index contributed by atoms with van der Waals surface area (Å²) in [6, 6.07) is 19.5. The molecule has 1 fully saturated rings. The molecule has 0 saturated carbocycles. The summed E-state index contributed by atoms with van der Waals surface area (Å²) in [5.41, 5.74) is 7.80. The van der Waals surface area contributed by atoms with Crippen molar-refractivity contribution in [1.82, 2.24) is 4.90 Å². The molecule has 40 heavy (non-hydrogen) atoms. The third-order valence-corrected chi connectivity index (χ3v) is 8.03. The number of nitriles is 1. The molecule has 0 aliphatic carbocycles. The predicted molar refractivity (Wildman–Crippen MR) is 150 cm³/mol. The van der Waals surface area contributed by atoms with Crippen LogP contribution < -0.4 is 21.1 Å². The van der Waals surface area contributed by atoms with Gasteiger partial charge >= 0.3 is 0 Å². The van der Waals surface area contributed by atoms with Gasteiger partial charge in [0, 0.05) is 31.6 Å². The van der Waals surface area contributed by atoms with E-state index in [0.29, 0.717) is 60.1 Å². The molecule has 3 aromatic rings. The highest BCUT2D eigenvalue weighted by Crippen LogP contribution is 2.48. The van der Waals surface area contributed by atoms with Gasteiger partial charge in [-0.05, 0) is 80.1 Å². The fraction of sp³-hybridized carbons (Fsp3) is 0.323. The molecular weight excluding hydrogens is 509 g/mol. The van der Waals surface area contributed by atoms with Crippen molar-refractivity contribution in [2.75, 3.05) is 30.3 Å². The van der Waals surface area contributed by atoms with Crippen LogP contribution >= 0.6 is 0 Å². The third-order valence-electron chi connectivity index (χ3n) is 8.03. The summed E-state index contributed by atoms with van der Waals surface area (Å²) in [4.78, 5) is 27.7. The van der Waals surface area contributed by atoms with Gasteiger partial charge in [0.05, 0.1) is 23.0 Å². The van der Waals surface area contributed by atoms with Gasteiger partial charge in [-0.25, -0.2) is 4.39 Å². The van der Waals surface area contributed by atoms with E-state index in [0.717, 1.165) is 5.56 Å². The molecule has 2 amide bonds. The summed E-state index contributed by atoms with van der Waals surface area (Å²) in [5, 5.41) is 15.2. The molecule has 0 radical (unpaired) electrons. The van der Waals surface area contributed by atoms with Crippen molar-refractivity contribution in [1.29, 1.82) is 5.26 Å². The fourth-order valence-corrected chi connectivity index (χ4v) is 6.04. The van der Waals surface area contributed by atoms with Crippen molar-refractivity contribution in [2.45, 2.75) is 38.1 Å². The van der Waals surface area contributed by atoms with Gasteiger partial charge in [-0.2, -0.15) is 5.26 Å². The van der Waals surface area contributed by atoms with E-state index in [1.165, 1.54) is 12.1 Å². The predicted octanol–water partition coefficient (Wildman–Crippen LogP) is 5.07. The molecule has 2 aliphatic heterocycles. The van der Waals surface area contributed by atoms with E-state index in [-0.39, 0.29) is 24.2 Å². The van der Waals surface area contributed by atoms with Crippen molar-refractivity contribution < 1.29 is 18.7 Å². The summed E-state index contributed by atoms with van der Waals surface area (Å²) in [6.45, 7) is 5.26. The molecular formula is C31H32FN5O3. The van der Waals surface area contributed by atoms with Crippen LogP contribution in [0.3, 0.4) is 0 Å². The van der Waals surface area contributed by atoms with E-state index < -0.39 is 17.3 Å². The van der Waals surface area contributed by atoms with E-state index in [1.54, 1.807) is 24.3 Å². The van der Waals surface area contributed by atoms with Crippen LogP contribution in [0.15, 0.2) is 60.7 Å². The Hall–Kier alpha value is -4.42. The first-order valence-corrected chi connectivity index (χ1v) is 13.4. The molecule has 2 aliphatic rings. The van der Waals surface area contributed by atoms with Crippen molar-refractivity contribution in [2.24, 2.45) is 11.7 Å². The van der Waals surface area contributed by atoms with Gasteiger partial charge in [0.15, 0.2) is 0 Å². The number of nitrogens with one attached hydrogen (secondary N) is 2. The molecule has 3 aromatic carbocycles. The summed E-state index contributed by atoms with van der Waals surface area (Å²) in [6.07, 6.45) is 0.766. The quantitative estimate of drug-likeness (QED) is 0.366. The number of hydrogen-bond acceptors (Lipinski definition) is 6. The van der Waals surface area contributed by atoms with Crippen LogP contribution in [0.1, 0.15) is 49.3 Å². The standard InChI is InChI=1S/C31H32FN5O3/c1-3-35-26-16-21(32)15-25-29(26)36-30(39)31(25,2)37-13-12-23(20(18-37)14-28(34)38)24-6-4-5-7-27(24)40-22-10-8-19(17-33)9-11-22/h4-11,15-16,20,23,35H,3,12-14,18H2,1-2H3,(H2,34,38)(H,36,39)/t20-,23+,31?/m1/s1. The number of carbonyl (C=O) groups is 2. The van der Waals surface area contributed by atoms with Gasteiger partial charge < -0.3 is 21.1 Å². The smallest absolute Gasteiger partial charge is 0.249 e. The Balaban J connectivity index is 1.46. The molecule has 2 heterocycles. The topological polar surface area (TPSA) is 120 Å². The third kappa shape index (κ3) is 4.98. The highest BCUT2D eigenvalue weighted by Gasteiger charge is 2.51. The first kappa shape index (κ1) is 27.2. The number of primary amides is 1. The molecule has 206 valence electrons. The molecule has 1 unspecified atom stereocenters. The van der Waals surface area contributed by atoms with Crippen LogP contribution in [0.25, 0.3) is 0 Å². The van der Waals surface area contributed by atoms with Gasteiger partial charge in [0.1, 0.15) is 22.9 Å². The van der Waals surface area contributed by atoms with Gasteiger partial charge in [0.25, 0.3) is 0 Å². The molecule has 0 bridgehead atoms. The molecule has 5 rings (SSSR count). The lowest BCUT2D eigenvalue weighted by Gasteiger charge is -2.45. The number of halogens is 1. The van der Waals surface area contributed by atoms with Crippen LogP contribution in [-0.2, 0) is 15.1 Å². The number of nitrogens with zero attached hydrogens (tertiary/aromatic N) is 2. The lowest BCUT2D eigenvalue weighted by molar-refractivity contribution is -0.128. The maximum Gasteiger partial charge on any atom is 0.249 e. The highest BCUT2D eigenvalue weighted by atomic mass is 19.1. The van der Waals surface area contributed by atoms with E-state index in [2.05, 4.69) is 16.7 Å². The first-order chi connectivity index (χ1) is 19.2. The Morgan fingerprint density at radius 2 is 2.00 bits per heavy atom. The summed E-state index contributed by atoms with van der Waals surface area (Å²) >= 11 is 0. The normalized spacial score (nSPS) is 22.2. The number of amides is 2. The minimum atomic E-state index is -1.11. The second-order valence-electron chi connectivity index (χ2n) is 10.5. The molecule has 4 N–H and O–H groups in total. The Morgan fingerprint density at radius 3 is 2.70 bits per heavy atom. The minimum Gasteiger partial charge on any atom is -0.457 e. The van der Waals surface area contributed by atoms with Crippen LogP contribution in [0, 0.1) is 23.1 Å². The summed E-state index contributed by atoms with van der Waals surface area (Å²) in [5.74, 6) is -0.0800. The Labute approximate surface area is 232 Å². The molecule has 0 aromatic heterocycles. The molecule has 3 atom stereocenters. The number of benzene rings is 3. The zero-order valence-electron chi connectivity index (χ0n) is 22.5. The lowest BCUT2D eigenvalue weighted by atomic mass is 9.76. The minimum absolute atomic E-state index is 0.0595. The van der Waals surface area contributed by atoms with Crippen LogP contribution in [0.2, 0.25) is 0 Å². The molecule has 8 nitrogen and oxygen atoms in total. The number of fused-ring (bicyclic) bond motifs is 1. The van der Waals surface area contributed by atoms with E-state index in [4.69, 9.17) is 15.7 Å². The fourth-order valence-electron chi connectivity index (χ4n) is 6.04. The number of ether oxygens (including phenoxy) is 1. The number of likely N-dealkylation sites (tertiary alicyclic amines) is 1. The number of anilines is 2. The maximum atomic E-state index is 14.7. The number of para-hydroxylation sites is 1. The van der Waals surface area contributed by atoms with E-state index >= 15 is 0 Å². The van der Waals surface area contributed by atoms with Crippen LogP contribution in [0.4, 0.5) is 15.8 Å². The van der Waals surface area contributed by atoms with Gasteiger partial charge in [-0.15, -0.1) is 0 Å². The second-order valence-corrected chi connectivity index (χ2v) is 10.5. The van der Waals surface area contributed by atoms with Crippen molar-refractivity contribution in [3.63, 3.8) is 0 Å².